The second kappa shape index (κ2) is 9.75. The maximum atomic E-state index is 13.3. The predicted molar refractivity (Wildman–Crippen MR) is 139 cm³/mol. The molecule has 0 bridgehead atoms. The van der Waals surface area contributed by atoms with Crippen molar-refractivity contribution in [3.05, 3.63) is 106 Å². The number of rotatable bonds is 5. The molecule has 1 saturated heterocycles. The first-order valence-electron chi connectivity index (χ1n) is 11.3. The molecule has 8 nitrogen and oxygen atoms in total. The van der Waals surface area contributed by atoms with Gasteiger partial charge in [0.15, 0.2) is 0 Å². The molecule has 1 fully saturated rings. The average Bonchev–Trinajstić information content (AvgIpc) is 3.24. The van der Waals surface area contributed by atoms with Crippen molar-refractivity contribution in [2.24, 2.45) is 0 Å². The van der Waals surface area contributed by atoms with Gasteiger partial charge in [0, 0.05) is 34.2 Å². The lowest BCUT2D eigenvalue weighted by molar-refractivity contribution is -0.122. The number of ether oxygens (including phenoxy) is 1. The minimum absolute atomic E-state index is 0.176. The van der Waals surface area contributed by atoms with E-state index < -0.39 is 23.8 Å². The highest BCUT2D eigenvalue weighted by molar-refractivity contribution is 6.39. The van der Waals surface area contributed by atoms with Crippen LogP contribution in [-0.4, -0.2) is 35.5 Å². The zero-order valence-corrected chi connectivity index (χ0v) is 20.4. The van der Waals surface area contributed by atoms with Gasteiger partial charge in [0.25, 0.3) is 11.8 Å². The molecule has 4 aromatic rings. The topological polar surface area (TPSA) is 97.7 Å². The van der Waals surface area contributed by atoms with E-state index in [1.807, 2.05) is 41.1 Å². The number of carbonyl (C=O) groups excluding carboxylic acids is 4. The molecule has 0 spiro atoms. The molecule has 5 rings (SSSR count). The number of anilines is 1. The molecule has 0 unspecified atom stereocenters. The first kappa shape index (κ1) is 24.0. The van der Waals surface area contributed by atoms with E-state index >= 15 is 0 Å². The van der Waals surface area contributed by atoms with Crippen molar-refractivity contribution < 1.29 is 23.9 Å². The summed E-state index contributed by atoms with van der Waals surface area (Å²) in [5.74, 6) is -1.94. The molecular weight excluding hydrogens is 494 g/mol. The molecule has 37 heavy (non-hydrogen) atoms. The number of imide groups is 2. The standard InChI is InChI=1S/C28H20ClN3O5/c1-37-27(35)18-6-4-5-17(13-18)15-31-16-19(22-7-2-3-8-24(22)31)14-23-25(33)30-28(36)32(26(23)34)21-11-9-20(29)10-12-21/h2-14,16H,15H2,1H3,(H,30,33,36)/b23-14+. The normalized spacial score (nSPS) is 14.8. The van der Waals surface area contributed by atoms with Crippen LogP contribution >= 0.6 is 11.6 Å². The fourth-order valence-corrected chi connectivity index (χ4v) is 4.40. The van der Waals surface area contributed by atoms with Crippen molar-refractivity contribution in [2.75, 3.05) is 12.0 Å². The van der Waals surface area contributed by atoms with Crippen molar-refractivity contribution in [3.8, 4) is 0 Å². The number of hydrogen-bond donors (Lipinski definition) is 1. The Morgan fingerprint density at radius 2 is 1.76 bits per heavy atom. The molecule has 0 radical (unpaired) electrons. The SMILES string of the molecule is COC(=O)c1cccc(Cn2cc(/C=C3\C(=O)NC(=O)N(c4ccc(Cl)cc4)C3=O)c3ccccc32)c1. The highest BCUT2D eigenvalue weighted by Gasteiger charge is 2.37. The third-order valence-corrected chi connectivity index (χ3v) is 6.26. The van der Waals surface area contributed by atoms with Crippen molar-refractivity contribution in [3.63, 3.8) is 0 Å². The summed E-state index contributed by atoms with van der Waals surface area (Å²) in [7, 11) is 1.33. The zero-order valence-electron chi connectivity index (χ0n) is 19.6. The number of halogens is 1. The monoisotopic (exact) mass is 513 g/mol. The Kier molecular flexibility index (Phi) is 6.33. The number of nitrogens with one attached hydrogen (secondary N) is 1. The number of aromatic nitrogens is 1. The highest BCUT2D eigenvalue weighted by Crippen LogP contribution is 2.28. The van der Waals surface area contributed by atoms with Crippen molar-refractivity contribution in [2.45, 2.75) is 6.54 Å². The van der Waals surface area contributed by atoms with Crippen molar-refractivity contribution >= 4 is 58.1 Å². The van der Waals surface area contributed by atoms with Crippen LogP contribution in [-0.2, 0) is 20.9 Å². The van der Waals surface area contributed by atoms with Gasteiger partial charge in [-0.05, 0) is 54.1 Å². The van der Waals surface area contributed by atoms with E-state index in [0.717, 1.165) is 21.4 Å². The number of carbonyl (C=O) groups is 4. The average molecular weight is 514 g/mol. The van der Waals surface area contributed by atoms with Crippen LogP contribution in [0.25, 0.3) is 17.0 Å². The number of methoxy groups -OCH3 is 1. The third-order valence-electron chi connectivity index (χ3n) is 6.01. The molecule has 1 N–H and O–H groups in total. The number of amides is 4. The Balaban J connectivity index is 1.54. The molecule has 3 aromatic carbocycles. The Labute approximate surface area is 216 Å². The summed E-state index contributed by atoms with van der Waals surface area (Å²) in [6, 6.07) is 20.0. The fourth-order valence-electron chi connectivity index (χ4n) is 4.27. The van der Waals surface area contributed by atoms with E-state index in [-0.39, 0.29) is 5.57 Å². The maximum absolute atomic E-state index is 13.3. The van der Waals surface area contributed by atoms with Gasteiger partial charge < -0.3 is 9.30 Å². The predicted octanol–water partition coefficient (Wildman–Crippen LogP) is 4.80. The van der Waals surface area contributed by atoms with Crippen LogP contribution in [0.1, 0.15) is 21.5 Å². The maximum Gasteiger partial charge on any atom is 0.337 e. The van der Waals surface area contributed by atoms with Gasteiger partial charge in [-0.15, -0.1) is 0 Å². The first-order chi connectivity index (χ1) is 17.9. The lowest BCUT2D eigenvalue weighted by Crippen LogP contribution is -2.54. The lowest BCUT2D eigenvalue weighted by atomic mass is 10.1. The largest absolute Gasteiger partial charge is 0.465 e. The van der Waals surface area contributed by atoms with Crippen LogP contribution in [0.3, 0.4) is 0 Å². The molecule has 1 aliphatic heterocycles. The van der Waals surface area contributed by atoms with Gasteiger partial charge in [0.05, 0.1) is 18.4 Å². The van der Waals surface area contributed by atoms with Gasteiger partial charge in [0.2, 0.25) is 0 Å². The van der Waals surface area contributed by atoms with E-state index in [2.05, 4.69) is 5.32 Å². The van der Waals surface area contributed by atoms with Gasteiger partial charge in [-0.2, -0.15) is 0 Å². The quantitative estimate of drug-likeness (QED) is 0.235. The molecule has 2 heterocycles. The molecule has 0 aliphatic carbocycles. The minimum atomic E-state index is -0.831. The number of hydrogen-bond acceptors (Lipinski definition) is 5. The summed E-state index contributed by atoms with van der Waals surface area (Å²) in [4.78, 5) is 51.3. The summed E-state index contributed by atoms with van der Waals surface area (Å²) >= 11 is 5.94. The molecule has 4 amide bonds. The summed E-state index contributed by atoms with van der Waals surface area (Å²) in [6.07, 6.45) is 3.31. The second-order valence-corrected chi connectivity index (χ2v) is 8.79. The number of urea groups is 1. The minimum Gasteiger partial charge on any atom is -0.465 e. The number of para-hydroxylation sites is 1. The summed E-state index contributed by atoms with van der Waals surface area (Å²) < 4.78 is 6.78. The molecular formula is C28H20ClN3O5. The van der Waals surface area contributed by atoms with Crippen LogP contribution in [0.5, 0.6) is 0 Å². The van der Waals surface area contributed by atoms with Crippen LogP contribution < -0.4 is 10.2 Å². The molecule has 0 atom stereocenters. The molecule has 9 heteroatoms. The van der Waals surface area contributed by atoms with Crippen molar-refractivity contribution in [1.29, 1.82) is 0 Å². The third kappa shape index (κ3) is 4.62. The number of barbiturate groups is 1. The summed E-state index contributed by atoms with van der Waals surface area (Å²) in [6.45, 7) is 0.435. The molecule has 184 valence electrons. The van der Waals surface area contributed by atoms with E-state index in [4.69, 9.17) is 16.3 Å². The number of nitrogens with zero attached hydrogens (tertiary/aromatic N) is 2. The van der Waals surface area contributed by atoms with Crippen LogP contribution in [0.4, 0.5) is 10.5 Å². The molecule has 1 aromatic heterocycles. The van der Waals surface area contributed by atoms with Gasteiger partial charge in [-0.3, -0.25) is 14.9 Å². The van der Waals surface area contributed by atoms with Crippen LogP contribution in [0.2, 0.25) is 5.02 Å². The zero-order chi connectivity index (χ0) is 26.1. The molecule has 0 saturated carbocycles. The Morgan fingerprint density at radius 1 is 1.00 bits per heavy atom. The lowest BCUT2D eigenvalue weighted by Gasteiger charge is -2.26. The fraction of sp³-hybridized carbons (Fsp3) is 0.0714. The van der Waals surface area contributed by atoms with Crippen molar-refractivity contribution in [1.82, 2.24) is 9.88 Å². The van der Waals surface area contributed by atoms with Gasteiger partial charge in [-0.25, -0.2) is 14.5 Å². The summed E-state index contributed by atoms with van der Waals surface area (Å²) in [5, 5.41) is 3.50. The van der Waals surface area contributed by atoms with Gasteiger partial charge in [0.1, 0.15) is 5.57 Å². The van der Waals surface area contributed by atoms with Gasteiger partial charge in [-0.1, -0.05) is 41.9 Å². The van der Waals surface area contributed by atoms with E-state index in [1.165, 1.54) is 25.3 Å². The second-order valence-electron chi connectivity index (χ2n) is 8.36. The van der Waals surface area contributed by atoms with Gasteiger partial charge >= 0.3 is 12.0 Å². The Morgan fingerprint density at radius 3 is 2.51 bits per heavy atom. The number of esters is 1. The summed E-state index contributed by atoms with van der Waals surface area (Å²) in [5.41, 5.74) is 2.92. The first-order valence-corrected chi connectivity index (χ1v) is 11.7. The smallest absolute Gasteiger partial charge is 0.337 e. The van der Waals surface area contributed by atoms with Crippen LogP contribution in [0.15, 0.2) is 84.6 Å². The Hall–Kier alpha value is -4.69. The van der Waals surface area contributed by atoms with Crippen LogP contribution in [0, 0.1) is 0 Å². The van der Waals surface area contributed by atoms with E-state index in [0.29, 0.717) is 28.4 Å². The number of fused-ring (bicyclic) bond motifs is 1. The highest BCUT2D eigenvalue weighted by atomic mass is 35.5. The van der Waals surface area contributed by atoms with E-state index in [1.54, 1.807) is 30.3 Å². The number of benzene rings is 3. The molecule has 1 aliphatic rings. The Bertz CT molecular complexity index is 1600. The van der Waals surface area contributed by atoms with E-state index in [9.17, 15) is 19.2 Å².